The molecule has 1 aromatic carbocycles. The Balaban J connectivity index is 2.26. The Bertz CT molecular complexity index is 599. The van der Waals surface area contributed by atoms with Crippen LogP contribution >= 0.6 is 0 Å². The van der Waals surface area contributed by atoms with Crippen LogP contribution in [0.2, 0.25) is 0 Å². The highest BCUT2D eigenvalue weighted by atomic mass is 16.1. The van der Waals surface area contributed by atoms with E-state index in [4.69, 9.17) is 5.73 Å². The van der Waals surface area contributed by atoms with E-state index in [-0.39, 0.29) is 5.91 Å². The molecule has 18 heavy (non-hydrogen) atoms. The van der Waals surface area contributed by atoms with Gasteiger partial charge in [0.25, 0.3) is 5.91 Å². The quantitative estimate of drug-likeness (QED) is 0.851. The maximum absolute atomic E-state index is 12.1. The summed E-state index contributed by atoms with van der Waals surface area (Å²) in [7, 11) is 1.80. The maximum atomic E-state index is 12.1. The summed E-state index contributed by atoms with van der Waals surface area (Å²) in [5, 5.41) is 2.91. The molecule has 2 aromatic rings. The van der Waals surface area contributed by atoms with Gasteiger partial charge in [-0.25, -0.2) is 0 Å². The van der Waals surface area contributed by atoms with Crippen LogP contribution in [0.15, 0.2) is 30.5 Å². The molecule has 1 heterocycles. The molecule has 2 rings (SSSR count). The van der Waals surface area contributed by atoms with Gasteiger partial charge >= 0.3 is 0 Å². The van der Waals surface area contributed by atoms with Gasteiger partial charge in [0.2, 0.25) is 0 Å². The third-order valence-electron chi connectivity index (χ3n) is 2.90. The number of aryl methyl sites for hydroxylation is 3. The lowest BCUT2D eigenvalue weighted by Gasteiger charge is -2.09. The number of nitrogens with two attached hydrogens (primary N) is 1. The number of nitrogen functional groups attached to an aromatic ring is 1. The summed E-state index contributed by atoms with van der Waals surface area (Å²) in [5.74, 6) is -0.150. The number of rotatable bonds is 2. The molecular weight excluding hydrogens is 226 g/mol. The minimum absolute atomic E-state index is 0.150. The van der Waals surface area contributed by atoms with Gasteiger partial charge in [-0.05, 0) is 37.1 Å². The molecule has 0 spiro atoms. The van der Waals surface area contributed by atoms with Crippen LogP contribution in [-0.2, 0) is 7.05 Å². The predicted molar refractivity (Wildman–Crippen MR) is 73.7 cm³/mol. The van der Waals surface area contributed by atoms with Crippen LogP contribution < -0.4 is 11.1 Å². The van der Waals surface area contributed by atoms with E-state index in [1.54, 1.807) is 23.9 Å². The zero-order valence-corrected chi connectivity index (χ0v) is 10.8. The molecule has 0 aliphatic heterocycles. The number of anilines is 2. The van der Waals surface area contributed by atoms with Gasteiger partial charge in [-0.3, -0.25) is 4.79 Å². The fourth-order valence-electron chi connectivity index (χ4n) is 1.87. The van der Waals surface area contributed by atoms with Gasteiger partial charge < -0.3 is 15.6 Å². The van der Waals surface area contributed by atoms with E-state index in [2.05, 4.69) is 5.32 Å². The molecule has 0 bridgehead atoms. The van der Waals surface area contributed by atoms with Crippen LogP contribution in [0, 0.1) is 13.8 Å². The highest BCUT2D eigenvalue weighted by Gasteiger charge is 2.12. The van der Waals surface area contributed by atoms with Gasteiger partial charge in [0, 0.05) is 18.9 Å². The standard InChI is InChI=1S/C14H17N3O/c1-9-4-5-10(2)12(6-9)16-14(18)13-7-11(15)8-17(13)3/h4-8H,15H2,1-3H3,(H,16,18). The van der Waals surface area contributed by atoms with E-state index >= 15 is 0 Å². The Labute approximate surface area is 106 Å². The number of amides is 1. The van der Waals surface area contributed by atoms with Gasteiger partial charge in [0.1, 0.15) is 5.69 Å². The molecule has 0 aliphatic carbocycles. The molecular formula is C14H17N3O. The normalized spacial score (nSPS) is 10.4. The summed E-state index contributed by atoms with van der Waals surface area (Å²) in [6, 6.07) is 7.63. The van der Waals surface area contributed by atoms with Crippen molar-refractivity contribution in [3.8, 4) is 0 Å². The Morgan fingerprint density at radius 2 is 2.00 bits per heavy atom. The number of carbonyl (C=O) groups is 1. The van der Waals surface area contributed by atoms with E-state index in [9.17, 15) is 4.79 Å². The average Bonchev–Trinajstić information content (AvgIpc) is 2.63. The summed E-state index contributed by atoms with van der Waals surface area (Å²) < 4.78 is 1.72. The summed E-state index contributed by atoms with van der Waals surface area (Å²) in [6.45, 7) is 3.96. The Hall–Kier alpha value is -2.23. The molecule has 4 heteroatoms. The van der Waals surface area contributed by atoms with Gasteiger partial charge in [0.05, 0.1) is 5.69 Å². The first-order chi connectivity index (χ1) is 8.47. The molecule has 0 saturated heterocycles. The van der Waals surface area contributed by atoms with Crippen molar-refractivity contribution < 1.29 is 4.79 Å². The zero-order valence-electron chi connectivity index (χ0n) is 10.8. The minimum Gasteiger partial charge on any atom is -0.397 e. The lowest BCUT2D eigenvalue weighted by molar-refractivity contribution is 0.101. The maximum Gasteiger partial charge on any atom is 0.272 e. The van der Waals surface area contributed by atoms with Crippen molar-refractivity contribution in [3.63, 3.8) is 0 Å². The Morgan fingerprint density at radius 1 is 1.28 bits per heavy atom. The lowest BCUT2D eigenvalue weighted by atomic mass is 10.1. The van der Waals surface area contributed by atoms with E-state index in [0.29, 0.717) is 11.4 Å². The second-order valence-corrected chi connectivity index (χ2v) is 4.54. The fraction of sp³-hybridized carbons (Fsp3) is 0.214. The third kappa shape index (κ3) is 2.37. The van der Waals surface area contributed by atoms with Gasteiger partial charge in [0.15, 0.2) is 0 Å². The first-order valence-corrected chi connectivity index (χ1v) is 5.78. The molecule has 3 N–H and O–H groups in total. The van der Waals surface area contributed by atoms with E-state index < -0.39 is 0 Å². The highest BCUT2D eigenvalue weighted by molar-refractivity contribution is 6.04. The van der Waals surface area contributed by atoms with Crippen molar-refractivity contribution in [2.75, 3.05) is 11.1 Å². The van der Waals surface area contributed by atoms with Crippen molar-refractivity contribution in [1.29, 1.82) is 0 Å². The summed E-state index contributed by atoms with van der Waals surface area (Å²) in [5.41, 5.74) is 9.78. The molecule has 0 saturated carbocycles. The zero-order chi connectivity index (χ0) is 13.3. The molecule has 94 valence electrons. The number of nitrogens with one attached hydrogen (secondary N) is 1. The van der Waals surface area contributed by atoms with Crippen molar-refractivity contribution in [2.24, 2.45) is 7.05 Å². The fourth-order valence-corrected chi connectivity index (χ4v) is 1.87. The molecule has 1 aromatic heterocycles. The lowest BCUT2D eigenvalue weighted by Crippen LogP contribution is -2.16. The van der Waals surface area contributed by atoms with Crippen LogP contribution in [0.25, 0.3) is 0 Å². The average molecular weight is 243 g/mol. The second-order valence-electron chi connectivity index (χ2n) is 4.54. The number of nitrogens with zero attached hydrogens (tertiary/aromatic N) is 1. The summed E-state index contributed by atoms with van der Waals surface area (Å²) in [6.07, 6.45) is 1.72. The van der Waals surface area contributed by atoms with Gasteiger partial charge in [-0.1, -0.05) is 12.1 Å². The van der Waals surface area contributed by atoms with E-state index in [1.807, 2.05) is 32.0 Å². The number of hydrogen-bond donors (Lipinski definition) is 2. The number of aromatic nitrogens is 1. The summed E-state index contributed by atoms with van der Waals surface area (Å²) in [4.78, 5) is 12.1. The van der Waals surface area contributed by atoms with Crippen molar-refractivity contribution >= 4 is 17.3 Å². The molecule has 0 aliphatic rings. The predicted octanol–water partition coefficient (Wildman–Crippen LogP) is 2.48. The molecule has 0 fully saturated rings. The highest BCUT2D eigenvalue weighted by Crippen LogP contribution is 2.18. The van der Waals surface area contributed by atoms with Crippen molar-refractivity contribution in [2.45, 2.75) is 13.8 Å². The SMILES string of the molecule is Cc1ccc(C)c(NC(=O)c2cc(N)cn2C)c1. The topological polar surface area (TPSA) is 60.1 Å². The Morgan fingerprint density at radius 3 is 2.61 bits per heavy atom. The largest absolute Gasteiger partial charge is 0.397 e. The van der Waals surface area contributed by atoms with E-state index in [0.717, 1.165) is 16.8 Å². The number of carbonyl (C=O) groups excluding carboxylic acids is 1. The minimum atomic E-state index is -0.150. The third-order valence-corrected chi connectivity index (χ3v) is 2.90. The Kier molecular flexibility index (Phi) is 3.10. The molecule has 0 radical (unpaired) electrons. The molecule has 0 atom stereocenters. The van der Waals surface area contributed by atoms with Gasteiger partial charge in [-0.2, -0.15) is 0 Å². The molecule has 4 nitrogen and oxygen atoms in total. The van der Waals surface area contributed by atoms with Crippen molar-refractivity contribution in [3.05, 3.63) is 47.3 Å². The first kappa shape index (κ1) is 12.2. The van der Waals surface area contributed by atoms with Crippen LogP contribution in [0.3, 0.4) is 0 Å². The smallest absolute Gasteiger partial charge is 0.272 e. The van der Waals surface area contributed by atoms with E-state index in [1.165, 1.54) is 0 Å². The second kappa shape index (κ2) is 4.56. The van der Waals surface area contributed by atoms with Crippen LogP contribution in [0.1, 0.15) is 21.6 Å². The first-order valence-electron chi connectivity index (χ1n) is 5.78. The number of hydrogen-bond acceptors (Lipinski definition) is 2. The molecule has 0 unspecified atom stereocenters. The van der Waals surface area contributed by atoms with Crippen LogP contribution in [0.5, 0.6) is 0 Å². The van der Waals surface area contributed by atoms with Gasteiger partial charge in [-0.15, -0.1) is 0 Å². The monoisotopic (exact) mass is 243 g/mol. The van der Waals surface area contributed by atoms with Crippen molar-refractivity contribution in [1.82, 2.24) is 4.57 Å². The van der Waals surface area contributed by atoms with Crippen LogP contribution in [0.4, 0.5) is 11.4 Å². The molecule has 1 amide bonds. The number of benzene rings is 1. The van der Waals surface area contributed by atoms with Crippen LogP contribution in [-0.4, -0.2) is 10.5 Å². The summed E-state index contributed by atoms with van der Waals surface area (Å²) >= 11 is 0.